The molecule has 1 aliphatic rings. The number of carbonyl (C=O) groups excluding carboxylic acids is 1. The van der Waals surface area contributed by atoms with Crippen molar-refractivity contribution in [1.82, 2.24) is 0 Å². The maximum atomic E-state index is 11.7. The minimum absolute atomic E-state index is 0.0145. The van der Waals surface area contributed by atoms with Crippen LogP contribution in [-0.4, -0.2) is 10.6 Å². The van der Waals surface area contributed by atoms with Crippen molar-refractivity contribution in [2.75, 3.05) is 0 Å². The maximum Gasteiger partial charge on any atom is 0.149 e. The molecule has 0 heterocycles. The van der Waals surface area contributed by atoms with Crippen molar-refractivity contribution in [3.8, 4) is 0 Å². The quantitative estimate of drug-likeness (QED) is 0.768. The molecule has 0 saturated heterocycles. The third kappa shape index (κ3) is 3.15. The summed E-state index contributed by atoms with van der Waals surface area (Å²) in [4.78, 5) is 11.7. The van der Waals surface area contributed by atoms with E-state index >= 15 is 0 Å². The van der Waals surface area contributed by atoms with Crippen LogP contribution in [0.5, 0.6) is 0 Å². The van der Waals surface area contributed by atoms with Gasteiger partial charge in [-0.05, 0) is 37.0 Å². The Morgan fingerprint density at radius 3 is 2.80 bits per heavy atom. The summed E-state index contributed by atoms with van der Waals surface area (Å²) in [5, 5.41) is 0. The fourth-order valence-electron chi connectivity index (χ4n) is 1.60. The van der Waals surface area contributed by atoms with Gasteiger partial charge in [-0.2, -0.15) is 0 Å². The van der Waals surface area contributed by atoms with Gasteiger partial charge in [0.1, 0.15) is 5.78 Å². The minimum atomic E-state index is -0.0145. The van der Waals surface area contributed by atoms with Crippen molar-refractivity contribution in [2.45, 2.75) is 24.1 Å². The highest BCUT2D eigenvalue weighted by atomic mass is 79.9. The lowest BCUT2D eigenvalue weighted by Crippen LogP contribution is -2.18. The highest BCUT2D eigenvalue weighted by Gasteiger charge is 2.33. The molecule has 0 amide bonds. The SMILES string of the molecule is O=C(C(Br)Cc1cccc(Br)c1)C1CC1. The Kier molecular flexibility index (Phi) is 3.62. The normalized spacial score (nSPS) is 17.5. The molecule has 3 heteroatoms. The van der Waals surface area contributed by atoms with Gasteiger partial charge in [-0.15, -0.1) is 0 Å². The number of ketones is 1. The second-order valence-electron chi connectivity index (χ2n) is 3.98. The highest BCUT2D eigenvalue weighted by Crippen LogP contribution is 2.33. The summed E-state index contributed by atoms with van der Waals surface area (Å²) in [6.45, 7) is 0. The zero-order valence-corrected chi connectivity index (χ0v) is 11.4. The molecular weight excluding hydrogens is 320 g/mol. The summed E-state index contributed by atoms with van der Waals surface area (Å²) in [7, 11) is 0. The van der Waals surface area contributed by atoms with Gasteiger partial charge in [0.25, 0.3) is 0 Å². The van der Waals surface area contributed by atoms with Crippen LogP contribution < -0.4 is 0 Å². The summed E-state index contributed by atoms with van der Waals surface area (Å²) < 4.78 is 1.07. The molecule has 0 N–H and O–H groups in total. The van der Waals surface area contributed by atoms with E-state index in [0.717, 1.165) is 23.7 Å². The first-order valence-electron chi connectivity index (χ1n) is 5.09. The number of halogens is 2. The zero-order valence-electron chi connectivity index (χ0n) is 8.25. The minimum Gasteiger partial charge on any atom is -0.298 e. The molecule has 15 heavy (non-hydrogen) atoms. The van der Waals surface area contributed by atoms with E-state index in [-0.39, 0.29) is 4.83 Å². The molecule has 1 aliphatic carbocycles. The van der Waals surface area contributed by atoms with E-state index in [1.165, 1.54) is 5.56 Å². The molecule has 0 bridgehead atoms. The maximum absolute atomic E-state index is 11.7. The van der Waals surface area contributed by atoms with Gasteiger partial charge in [-0.1, -0.05) is 44.0 Å². The molecule has 0 spiro atoms. The Labute approximate surface area is 107 Å². The number of carbonyl (C=O) groups is 1. The largest absolute Gasteiger partial charge is 0.298 e. The number of benzene rings is 1. The second kappa shape index (κ2) is 4.79. The molecule has 0 aromatic heterocycles. The molecule has 0 aliphatic heterocycles. The van der Waals surface area contributed by atoms with Gasteiger partial charge in [-0.25, -0.2) is 0 Å². The van der Waals surface area contributed by atoms with Crippen molar-refractivity contribution in [3.63, 3.8) is 0 Å². The zero-order chi connectivity index (χ0) is 10.8. The van der Waals surface area contributed by atoms with E-state index in [2.05, 4.69) is 44.0 Å². The van der Waals surface area contributed by atoms with E-state index in [0.29, 0.717) is 11.7 Å². The average molecular weight is 332 g/mol. The molecule has 1 saturated carbocycles. The fourth-order valence-corrected chi connectivity index (χ4v) is 2.79. The lowest BCUT2D eigenvalue weighted by molar-refractivity contribution is -0.119. The molecule has 0 radical (unpaired) electrons. The first kappa shape index (κ1) is 11.3. The van der Waals surface area contributed by atoms with Crippen molar-refractivity contribution >= 4 is 37.6 Å². The summed E-state index contributed by atoms with van der Waals surface area (Å²) in [6.07, 6.45) is 2.95. The van der Waals surface area contributed by atoms with Gasteiger partial charge < -0.3 is 0 Å². The predicted molar refractivity (Wildman–Crippen MR) is 68.3 cm³/mol. The third-order valence-electron chi connectivity index (χ3n) is 2.59. The van der Waals surface area contributed by atoms with Crippen molar-refractivity contribution in [2.24, 2.45) is 5.92 Å². The van der Waals surface area contributed by atoms with Gasteiger partial charge in [0.2, 0.25) is 0 Å². The molecule has 1 aromatic rings. The Balaban J connectivity index is 1.98. The van der Waals surface area contributed by atoms with E-state index in [4.69, 9.17) is 0 Å². The summed E-state index contributed by atoms with van der Waals surface area (Å²) in [5.74, 6) is 0.705. The van der Waals surface area contributed by atoms with Gasteiger partial charge in [0.05, 0.1) is 4.83 Å². The smallest absolute Gasteiger partial charge is 0.149 e. The van der Waals surface area contributed by atoms with Crippen molar-refractivity contribution < 1.29 is 4.79 Å². The lowest BCUT2D eigenvalue weighted by atomic mass is 10.1. The van der Waals surface area contributed by atoms with E-state index < -0.39 is 0 Å². The summed E-state index contributed by atoms with van der Waals surface area (Å²) in [6, 6.07) is 8.11. The third-order valence-corrected chi connectivity index (χ3v) is 3.86. The number of hydrogen-bond acceptors (Lipinski definition) is 1. The van der Waals surface area contributed by atoms with E-state index in [9.17, 15) is 4.79 Å². The van der Waals surface area contributed by atoms with Gasteiger partial charge in [-0.3, -0.25) is 4.79 Å². The van der Waals surface area contributed by atoms with Gasteiger partial charge >= 0.3 is 0 Å². The Morgan fingerprint density at radius 2 is 2.20 bits per heavy atom. The van der Waals surface area contributed by atoms with E-state index in [1.807, 2.05) is 12.1 Å². The number of rotatable bonds is 4. The molecule has 1 atom stereocenters. The van der Waals surface area contributed by atoms with Crippen LogP contribution in [-0.2, 0) is 11.2 Å². The Hall–Kier alpha value is -0.150. The van der Waals surface area contributed by atoms with Crippen LogP contribution in [0, 0.1) is 5.92 Å². The molecule has 1 fully saturated rings. The van der Waals surface area contributed by atoms with Crippen LogP contribution in [0.2, 0.25) is 0 Å². The van der Waals surface area contributed by atoms with Gasteiger partial charge in [0.15, 0.2) is 0 Å². The van der Waals surface area contributed by atoms with Crippen LogP contribution in [0.15, 0.2) is 28.7 Å². The molecular formula is C12H12Br2O. The predicted octanol–water partition coefficient (Wildman–Crippen LogP) is 3.73. The van der Waals surface area contributed by atoms with Crippen LogP contribution in [0.4, 0.5) is 0 Å². The number of Topliss-reactive ketones (excluding diaryl/α,β-unsaturated/α-hetero) is 1. The first-order chi connectivity index (χ1) is 7.16. The van der Waals surface area contributed by atoms with Crippen LogP contribution in [0.1, 0.15) is 18.4 Å². The van der Waals surface area contributed by atoms with Crippen molar-refractivity contribution in [1.29, 1.82) is 0 Å². The average Bonchev–Trinajstić information content (AvgIpc) is 2.99. The topological polar surface area (TPSA) is 17.1 Å². The summed E-state index contributed by atoms with van der Waals surface area (Å²) in [5.41, 5.74) is 1.19. The van der Waals surface area contributed by atoms with Crippen molar-refractivity contribution in [3.05, 3.63) is 34.3 Å². The summed E-state index contributed by atoms with van der Waals surface area (Å²) >= 11 is 6.91. The first-order valence-corrected chi connectivity index (χ1v) is 6.80. The fraction of sp³-hybridized carbons (Fsp3) is 0.417. The van der Waals surface area contributed by atoms with Crippen LogP contribution in [0.25, 0.3) is 0 Å². The standard InChI is InChI=1S/C12H12Br2O/c13-10-3-1-2-8(6-10)7-11(14)12(15)9-4-5-9/h1-3,6,9,11H,4-5,7H2. The van der Waals surface area contributed by atoms with E-state index in [1.54, 1.807) is 0 Å². The monoisotopic (exact) mass is 330 g/mol. The molecule has 2 rings (SSSR count). The number of hydrogen-bond donors (Lipinski definition) is 0. The highest BCUT2D eigenvalue weighted by molar-refractivity contribution is 9.10. The van der Waals surface area contributed by atoms with Crippen LogP contribution in [0.3, 0.4) is 0 Å². The Morgan fingerprint density at radius 1 is 1.47 bits per heavy atom. The van der Waals surface area contributed by atoms with Gasteiger partial charge in [0, 0.05) is 10.4 Å². The Bertz CT molecular complexity index is 372. The van der Waals surface area contributed by atoms with Crippen LogP contribution >= 0.6 is 31.9 Å². The molecule has 80 valence electrons. The lowest BCUT2D eigenvalue weighted by Gasteiger charge is -2.08. The number of alkyl halides is 1. The molecule has 1 unspecified atom stereocenters. The molecule has 1 aromatic carbocycles. The second-order valence-corrected chi connectivity index (χ2v) is 6.00. The molecule has 1 nitrogen and oxygen atoms in total.